The largest absolute Gasteiger partial charge is 0.377 e. The molecule has 1 unspecified atom stereocenters. The first-order valence-electron chi connectivity index (χ1n) is 9.71. The molecule has 2 atom stereocenters. The van der Waals surface area contributed by atoms with Crippen molar-refractivity contribution in [1.29, 1.82) is 0 Å². The van der Waals surface area contributed by atoms with E-state index in [9.17, 15) is 13.2 Å². The van der Waals surface area contributed by atoms with Gasteiger partial charge >= 0.3 is 0 Å². The number of sulfone groups is 1. The number of fused-ring (bicyclic) bond motifs is 1. The molecule has 0 aliphatic carbocycles. The lowest BCUT2D eigenvalue weighted by atomic mass is 10.1. The van der Waals surface area contributed by atoms with E-state index in [4.69, 9.17) is 11.6 Å². The topological polar surface area (TPSA) is 93.1 Å². The van der Waals surface area contributed by atoms with E-state index < -0.39 is 15.9 Å². The van der Waals surface area contributed by atoms with Gasteiger partial charge in [-0.1, -0.05) is 35.9 Å². The Bertz CT molecular complexity index is 1250. The van der Waals surface area contributed by atoms with Gasteiger partial charge in [-0.2, -0.15) is 5.10 Å². The van der Waals surface area contributed by atoms with E-state index in [0.29, 0.717) is 16.0 Å². The Kier molecular flexibility index (Phi) is 6.71. The average molecular weight is 461 g/mol. The van der Waals surface area contributed by atoms with Gasteiger partial charge in [-0.05, 0) is 37.6 Å². The highest BCUT2D eigenvalue weighted by Gasteiger charge is 2.18. The van der Waals surface area contributed by atoms with Gasteiger partial charge in [0.05, 0.1) is 29.0 Å². The highest BCUT2D eigenvalue weighted by molar-refractivity contribution is 7.93. The van der Waals surface area contributed by atoms with Gasteiger partial charge in [-0.25, -0.2) is 8.42 Å². The molecule has 7 nitrogen and oxygen atoms in total. The molecule has 0 aliphatic rings. The lowest BCUT2D eigenvalue weighted by Crippen LogP contribution is -2.31. The fourth-order valence-electron chi connectivity index (χ4n) is 3.33. The lowest BCUT2D eigenvalue weighted by Gasteiger charge is -2.19. The minimum Gasteiger partial charge on any atom is -0.377 e. The molecule has 2 N–H and O–H groups in total. The first-order valence-corrected chi connectivity index (χ1v) is 12.0. The van der Waals surface area contributed by atoms with Gasteiger partial charge in [0.1, 0.15) is 0 Å². The minimum atomic E-state index is -3.26. The van der Waals surface area contributed by atoms with E-state index in [-0.39, 0.29) is 11.9 Å². The molecular weight excluding hydrogens is 436 g/mol. The summed E-state index contributed by atoms with van der Waals surface area (Å²) in [4.78, 5) is 12.8. The fraction of sp³-hybridized carbons (Fsp3) is 0.273. The predicted octanol–water partition coefficient (Wildman–Crippen LogP) is 4.08. The number of carbonyl (C=O) groups is 1. The number of aromatic nitrogens is 2. The molecule has 3 aromatic rings. The summed E-state index contributed by atoms with van der Waals surface area (Å²) in [5.74, 6) is -0.311. The van der Waals surface area contributed by atoms with Crippen molar-refractivity contribution in [3.05, 3.63) is 70.2 Å². The number of anilines is 1. The first kappa shape index (κ1) is 22.8. The zero-order chi connectivity index (χ0) is 22.8. The van der Waals surface area contributed by atoms with Crippen molar-refractivity contribution in [2.24, 2.45) is 7.05 Å². The summed E-state index contributed by atoms with van der Waals surface area (Å²) in [6, 6.07) is 10.7. The summed E-state index contributed by atoms with van der Waals surface area (Å²) in [7, 11) is -1.44. The highest BCUT2D eigenvalue weighted by Crippen LogP contribution is 2.31. The van der Waals surface area contributed by atoms with Gasteiger partial charge in [-0.15, -0.1) is 0 Å². The van der Waals surface area contributed by atoms with Crippen LogP contribution >= 0.6 is 11.6 Å². The third kappa shape index (κ3) is 5.45. The Morgan fingerprint density at radius 3 is 2.58 bits per heavy atom. The third-order valence-corrected chi connectivity index (χ3v) is 5.86. The zero-order valence-electron chi connectivity index (χ0n) is 17.8. The van der Waals surface area contributed by atoms with Crippen LogP contribution in [0.5, 0.6) is 0 Å². The number of nitrogens with zero attached hydrogens (tertiary/aromatic N) is 2. The van der Waals surface area contributed by atoms with Crippen LogP contribution in [0, 0.1) is 0 Å². The molecular formula is C22H25ClN4O3S. The third-order valence-electron chi connectivity index (χ3n) is 4.86. The number of amides is 1. The van der Waals surface area contributed by atoms with Crippen molar-refractivity contribution in [2.45, 2.75) is 25.9 Å². The van der Waals surface area contributed by atoms with Crippen molar-refractivity contribution in [2.75, 3.05) is 11.6 Å². The van der Waals surface area contributed by atoms with Crippen LogP contribution < -0.4 is 10.6 Å². The lowest BCUT2D eigenvalue weighted by molar-refractivity contribution is 0.0948. The quantitative estimate of drug-likeness (QED) is 0.554. The molecule has 1 heterocycles. The van der Waals surface area contributed by atoms with Gasteiger partial charge in [0.15, 0.2) is 9.84 Å². The summed E-state index contributed by atoms with van der Waals surface area (Å²) in [6.07, 6.45) is 4.19. The van der Waals surface area contributed by atoms with E-state index in [2.05, 4.69) is 15.7 Å². The van der Waals surface area contributed by atoms with Gasteiger partial charge < -0.3 is 10.6 Å². The summed E-state index contributed by atoms with van der Waals surface area (Å²) in [6.45, 7) is 3.72. The van der Waals surface area contributed by atoms with E-state index in [1.807, 2.05) is 44.3 Å². The summed E-state index contributed by atoms with van der Waals surface area (Å²) < 4.78 is 24.3. The molecule has 2 aromatic carbocycles. The molecule has 0 fully saturated rings. The van der Waals surface area contributed by atoms with Crippen LogP contribution in [0.1, 0.15) is 35.8 Å². The highest BCUT2D eigenvalue weighted by atomic mass is 35.5. The number of benzene rings is 2. The van der Waals surface area contributed by atoms with Crippen LogP contribution in [-0.4, -0.2) is 36.4 Å². The number of hydrogen-bond acceptors (Lipinski definition) is 5. The predicted molar refractivity (Wildman–Crippen MR) is 125 cm³/mol. The second-order valence-corrected chi connectivity index (χ2v) is 9.84. The van der Waals surface area contributed by atoms with E-state index in [0.717, 1.165) is 28.4 Å². The second kappa shape index (κ2) is 9.11. The fourth-order valence-corrected chi connectivity index (χ4v) is 4.15. The maximum Gasteiger partial charge on any atom is 0.252 e. The number of carbonyl (C=O) groups excluding carboxylic acids is 1. The monoisotopic (exact) mass is 460 g/mol. The van der Waals surface area contributed by atoms with Crippen molar-refractivity contribution < 1.29 is 13.2 Å². The number of hydrogen-bond donors (Lipinski definition) is 2. The zero-order valence-corrected chi connectivity index (χ0v) is 19.3. The number of rotatable bonds is 7. The van der Waals surface area contributed by atoms with Crippen LogP contribution in [0.15, 0.2) is 54.1 Å². The van der Waals surface area contributed by atoms with Crippen molar-refractivity contribution in [3.63, 3.8) is 0 Å². The number of nitrogens with one attached hydrogen (secondary N) is 2. The van der Waals surface area contributed by atoms with E-state index in [1.54, 1.807) is 23.9 Å². The molecule has 164 valence electrons. The SMILES string of the molecule is CC(Nc1ccc(C(=O)N[C@H](C)/C=C/S(C)(=O)=O)c2cnn(C)c12)c1ccccc1Cl. The number of halogens is 1. The summed E-state index contributed by atoms with van der Waals surface area (Å²) >= 11 is 6.33. The Morgan fingerprint density at radius 2 is 1.90 bits per heavy atom. The van der Waals surface area contributed by atoms with Gasteiger partial charge in [0.25, 0.3) is 5.91 Å². The molecule has 0 bridgehead atoms. The Hall–Kier alpha value is -2.84. The maximum absolute atomic E-state index is 12.8. The molecule has 3 rings (SSSR count). The molecule has 0 radical (unpaired) electrons. The van der Waals surface area contributed by atoms with Crippen LogP contribution in [-0.2, 0) is 16.9 Å². The summed E-state index contributed by atoms with van der Waals surface area (Å²) in [5, 5.41) is 13.0. The maximum atomic E-state index is 12.8. The van der Waals surface area contributed by atoms with Crippen LogP contribution in [0.2, 0.25) is 5.02 Å². The van der Waals surface area contributed by atoms with Crippen molar-refractivity contribution in [1.82, 2.24) is 15.1 Å². The van der Waals surface area contributed by atoms with Crippen molar-refractivity contribution in [3.8, 4) is 0 Å². The Balaban J connectivity index is 1.89. The van der Waals surface area contributed by atoms with Crippen molar-refractivity contribution >= 4 is 43.9 Å². The smallest absolute Gasteiger partial charge is 0.252 e. The average Bonchev–Trinajstić information content (AvgIpc) is 3.08. The van der Waals surface area contributed by atoms with E-state index >= 15 is 0 Å². The number of aryl methyl sites for hydroxylation is 1. The summed E-state index contributed by atoms with van der Waals surface area (Å²) in [5.41, 5.74) is 3.03. The molecule has 1 aromatic heterocycles. The normalized spacial score (nSPS) is 14.0. The van der Waals surface area contributed by atoms with Gasteiger partial charge in [0.2, 0.25) is 0 Å². The Labute approximate surface area is 187 Å². The standard InChI is InChI=1S/C22H25ClN4O3S/c1-14(11-12-31(4,29)30)25-22(28)17-9-10-20(21-18(17)13-24-27(21)3)26-15(2)16-7-5-6-8-19(16)23/h5-15,26H,1-4H3,(H,25,28)/b12-11+/t14-,15?/m1/s1. The molecule has 0 spiro atoms. The second-order valence-electron chi connectivity index (χ2n) is 7.50. The van der Waals surface area contributed by atoms with Gasteiger partial charge in [0, 0.05) is 35.2 Å². The molecule has 31 heavy (non-hydrogen) atoms. The van der Waals surface area contributed by atoms with E-state index in [1.165, 1.54) is 6.08 Å². The molecule has 0 aliphatic heterocycles. The van der Waals surface area contributed by atoms with Crippen LogP contribution in [0.4, 0.5) is 5.69 Å². The van der Waals surface area contributed by atoms with Gasteiger partial charge in [-0.3, -0.25) is 9.48 Å². The van der Waals surface area contributed by atoms with Crippen LogP contribution in [0.3, 0.4) is 0 Å². The molecule has 1 amide bonds. The molecule has 9 heteroatoms. The molecule has 0 saturated carbocycles. The first-order chi connectivity index (χ1) is 14.6. The Morgan fingerprint density at radius 1 is 1.19 bits per heavy atom. The minimum absolute atomic E-state index is 0.0624. The van der Waals surface area contributed by atoms with Crippen LogP contribution in [0.25, 0.3) is 10.9 Å². The molecule has 0 saturated heterocycles.